The minimum Gasteiger partial charge on any atom is -1.00 e. The number of pyridine rings is 2. The van der Waals surface area contributed by atoms with Crippen LogP contribution in [0.4, 0.5) is 15.4 Å². The largest absolute Gasteiger partial charge is 1.00 e. The number of H-pyrrole nitrogens is 1. The Bertz CT molecular complexity index is 2380. The number of piperidine rings is 1. The summed E-state index contributed by atoms with van der Waals surface area (Å²) in [4.78, 5) is 65.6. The molecule has 1 aromatic carbocycles. The van der Waals surface area contributed by atoms with Gasteiger partial charge < -0.3 is 42.2 Å². The van der Waals surface area contributed by atoms with Gasteiger partial charge in [-0.15, -0.1) is 0 Å². The molecule has 6 rings (SSSR count). The SMILES string of the molecule is Cc1c(-c2[nH]c3ccc(C4CC[N+](COC(=O)N(C)c5ncccc5COC(=O)CN(C)C(=O)OC(C)(C)C)(CC(N)=O)CC4)cc3c2C(C)C)cn2ncnc2c1C.[Cl-]. The first-order valence-electron chi connectivity index (χ1n) is 19.9. The number of quaternary nitrogens is 1. The van der Waals surface area contributed by atoms with Gasteiger partial charge >= 0.3 is 18.2 Å². The Kier molecular flexibility index (Phi) is 13.8. The van der Waals surface area contributed by atoms with Crippen LogP contribution in [0.15, 0.2) is 49.1 Å². The van der Waals surface area contributed by atoms with Crippen molar-refractivity contribution in [3.05, 3.63) is 76.9 Å². The number of halogens is 1. The predicted octanol–water partition coefficient (Wildman–Crippen LogP) is 3.34. The van der Waals surface area contributed by atoms with Gasteiger partial charge in [0.25, 0.3) is 5.91 Å². The normalized spacial score (nSPS) is 16.7. The molecule has 0 radical (unpaired) electrons. The predicted molar refractivity (Wildman–Crippen MR) is 223 cm³/mol. The number of aryl methyl sites for hydroxylation is 1. The molecule has 5 aromatic rings. The van der Waals surface area contributed by atoms with Crippen molar-refractivity contribution in [1.82, 2.24) is 29.5 Å². The zero-order valence-corrected chi connectivity index (χ0v) is 36.6. The Balaban J connectivity index is 0.00000683. The van der Waals surface area contributed by atoms with E-state index < -0.39 is 29.7 Å². The molecule has 1 saturated heterocycles. The van der Waals surface area contributed by atoms with Gasteiger partial charge in [0.15, 0.2) is 12.2 Å². The number of aromatic amines is 1. The van der Waals surface area contributed by atoms with Gasteiger partial charge in [0, 0.05) is 61.4 Å². The zero-order valence-electron chi connectivity index (χ0n) is 35.9. The van der Waals surface area contributed by atoms with Gasteiger partial charge in [-0.05, 0) is 86.9 Å². The summed E-state index contributed by atoms with van der Waals surface area (Å²) in [6, 6.07) is 9.98. The first kappa shape index (κ1) is 45.3. The fourth-order valence-electron chi connectivity index (χ4n) is 7.89. The Morgan fingerprint density at radius 1 is 1.02 bits per heavy atom. The Morgan fingerprint density at radius 2 is 1.73 bits per heavy atom. The lowest BCUT2D eigenvalue weighted by molar-refractivity contribution is -0.940. The summed E-state index contributed by atoms with van der Waals surface area (Å²) in [5.74, 6) is -0.428. The molecule has 0 unspecified atom stereocenters. The number of esters is 1. The van der Waals surface area contributed by atoms with Crippen LogP contribution in [0.25, 0.3) is 27.8 Å². The average Bonchev–Trinajstić information content (AvgIpc) is 3.81. The number of hydrogen-bond acceptors (Lipinski definition) is 10. The zero-order chi connectivity index (χ0) is 42.8. The van der Waals surface area contributed by atoms with Crippen LogP contribution in [-0.2, 0) is 30.4 Å². The summed E-state index contributed by atoms with van der Waals surface area (Å²) >= 11 is 0. The molecule has 0 aliphatic carbocycles. The van der Waals surface area contributed by atoms with Crippen molar-refractivity contribution < 1.29 is 50.3 Å². The third-order valence-electron chi connectivity index (χ3n) is 11.1. The van der Waals surface area contributed by atoms with Crippen molar-refractivity contribution in [2.24, 2.45) is 5.73 Å². The fourth-order valence-corrected chi connectivity index (χ4v) is 7.89. The second kappa shape index (κ2) is 18.3. The van der Waals surface area contributed by atoms with Crippen molar-refractivity contribution >= 4 is 46.4 Å². The molecule has 5 heterocycles. The number of nitrogens with two attached hydrogens (primary N) is 1. The van der Waals surface area contributed by atoms with E-state index in [1.165, 1.54) is 41.7 Å². The number of nitrogens with zero attached hydrogens (tertiary/aromatic N) is 7. The van der Waals surface area contributed by atoms with Crippen LogP contribution in [0, 0.1) is 13.8 Å². The number of nitrogens with one attached hydrogen (secondary N) is 1. The first-order chi connectivity index (χ1) is 27.9. The first-order valence-corrected chi connectivity index (χ1v) is 19.9. The molecule has 3 amide bonds. The monoisotopic (exact) mass is 845 g/mol. The standard InChI is InChI=1S/C43H55N9O7.ClH/c1-26(2)37-32-19-30(12-13-34(32)48-38(37)33-20-51-39(46-24-47-51)28(4)27(33)3)29-14-17-52(18-15-29,22-35(44)53)25-58-42(56)50(9)40-31(11-10-16-45-40)23-57-36(54)21-49(8)41(55)59-43(5,6)7;/h10-13,16,19-20,24,26,29,48H,14-15,17-18,21-23,25H2,1-9H3,(H-,44,53);1H. The molecule has 0 spiro atoms. The topological polar surface area (TPSA) is 187 Å². The van der Waals surface area contributed by atoms with Crippen LogP contribution in [0.1, 0.15) is 87.1 Å². The number of anilines is 1. The van der Waals surface area contributed by atoms with E-state index >= 15 is 0 Å². The fraction of sp³-hybridized carbons (Fsp3) is 0.465. The highest BCUT2D eigenvalue weighted by Gasteiger charge is 2.38. The van der Waals surface area contributed by atoms with E-state index in [-0.39, 0.29) is 61.0 Å². The van der Waals surface area contributed by atoms with E-state index in [1.807, 2.05) is 10.7 Å². The summed E-state index contributed by atoms with van der Waals surface area (Å²) in [5, 5.41) is 5.60. The van der Waals surface area contributed by atoms with E-state index in [0.717, 1.165) is 51.3 Å². The summed E-state index contributed by atoms with van der Waals surface area (Å²) in [6.45, 7) is 14.4. The van der Waals surface area contributed by atoms with Crippen LogP contribution in [0.3, 0.4) is 0 Å². The lowest BCUT2D eigenvalue weighted by atomic mass is 9.86. The number of fused-ring (bicyclic) bond motifs is 2. The summed E-state index contributed by atoms with van der Waals surface area (Å²) < 4.78 is 18.6. The molecule has 1 aliphatic heterocycles. The van der Waals surface area contributed by atoms with Crippen molar-refractivity contribution in [1.29, 1.82) is 0 Å². The van der Waals surface area contributed by atoms with E-state index in [2.05, 4.69) is 65.9 Å². The van der Waals surface area contributed by atoms with Gasteiger partial charge in [0.1, 0.15) is 30.9 Å². The molecule has 0 atom stereocenters. The maximum atomic E-state index is 13.5. The molecule has 1 aliphatic rings. The third kappa shape index (κ3) is 9.99. The molecule has 322 valence electrons. The molecule has 16 nitrogen and oxygen atoms in total. The van der Waals surface area contributed by atoms with E-state index in [1.54, 1.807) is 39.2 Å². The van der Waals surface area contributed by atoms with E-state index in [9.17, 15) is 19.2 Å². The van der Waals surface area contributed by atoms with Crippen molar-refractivity contribution in [3.63, 3.8) is 0 Å². The summed E-state index contributed by atoms with van der Waals surface area (Å²) in [6.07, 6.45) is 5.33. The highest BCUT2D eigenvalue weighted by Crippen LogP contribution is 2.40. The number of likely N-dealkylation sites (tertiary alicyclic amines) is 1. The van der Waals surface area contributed by atoms with Crippen LogP contribution in [-0.4, -0.2) is 111 Å². The van der Waals surface area contributed by atoms with Gasteiger partial charge in [-0.25, -0.2) is 24.1 Å². The van der Waals surface area contributed by atoms with Crippen LogP contribution >= 0.6 is 0 Å². The quantitative estimate of drug-likeness (QED) is 0.107. The van der Waals surface area contributed by atoms with Gasteiger partial charge in [-0.2, -0.15) is 5.10 Å². The van der Waals surface area contributed by atoms with Crippen LogP contribution in [0.2, 0.25) is 0 Å². The highest BCUT2D eigenvalue weighted by molar-refractivity contribution is 5.93. The molecule has 0 bridgehead atoms. The number of likely N-dealkylation sites (N-methyl/N-ethyl adjacent to an activating group) is 1. The molecule has 17 heteroatoms. The number of carbonyl (C=O) groups is 4. The lowest BCUT2D eigenvalue weighted by Crippen LogP contribution is -3.00. The molecular formula is C43H56ClN9O7. The number of aromatic nitrogens is 5. The Hall–Kier alpha value is -5.74. The van der Waals surface area contributed by atoms with Crippen molar-refractivity contribution in [2.75, 3.05) is 51.9 Å². The van der Waals surface area contributed by atoms with E-state index in [4.69, 9.17) is 19.9 Å². The third-order valence-corrected chi connectivity index (χ3v) is 11.1. The number of primary amides is 1. The maximum absolute atomic E-state index is 13.5. The summed E-state index contributed by atoms with van der Waals surface area (Å²) in [5.41, 5.74) is 14.3. The number of amides is 3. The number of rotatable bonds is 12. The molecular weight excluding hydrogens is 790 g/mol. The van der Waals surface area contributed by atoms with Gasteiger partial charge in [0.05, 0.1) is 18.8 Å². The second-order valence-corrected chi connectivity index (χ2v) is 17.0. The molecule has 3 N–H and O–H groups in total. The number of carbonyl (C=O) groups excluding carboxylic acids is 4. The van der Waals surface area contributed by atoms with Crippen molar-refractivity contribution in [3.8, 4) is 11.3 Å². The molecule has 4 aromatic heterocycles. The van der Waals surface area contributed by atoms with Gasteiger partial charge in [-0.1, -0.05) is 26.0 Å². The molecule has 0 saturated carbocycles. The molecule has 1 fully saturated rings. The lowest BCUT2D eigenvalue weighted by Gasteiger charge is -2.42. The minimum absolute atomic E-state index is 0. The van der Waals surface area contributed by atoms with Crippen LogP contribution < -0.4 is 23.0 Å². The highest BCUT2D eigenvalue weighted by atomic mass is 35.5. The minimum atomic E-state index is -0.713. The summed E-state index contributed by atoms with van der Waals surface area (Å²) in [7, 11) is 2.95. The Morgan fingerprint density at radius 3 is 2.40 bits per heavy atom. The van der Waals surface area contributed by atoms with Gasteiger partial charge in [-0.3, -0.25) is 19.0 Å². The second-order valence-electron chi connectivity index (χ2n) is 17.0. The Labute approximate surface area is 356 Å². The molecule has 60 heavy (non-hydrogen) atoms. The maximum Gasteiger partial charge on any atom is 0.419 e. The number of ether oxygens (including phenoxy) is 3. The van der Waals surface area contributed by atoms with Crippen molar-refractivity contribution in [2.45, 2.75) is 85.4 Å². The van der Waals surface area contributed by atoms with E-state index in [0.29, 0.717) is 18.7 Å². The number of hydrogen-bond donors (Lipinski definition) is 2. The van der Waals surface area contributed by atoms with Gasteiger partial charge in [0.2, 0.25) is 6.73 Å². The average molecular weight is 846 g/mol. The van der Waals surface area contributed by atoms with Crippen LogP contribution in [0.5, 0.6) is 0 Å². The smallest absolute Gasteiger partial charge is 0.419 e. The number of benzene rings is 1.